The van der Waals surface area contributed by atoms with Crippen molar-refractivity contribution in [1.29, 1.82) is 0 Å². The second-order valence-electron chi connectivity index (χ2n) is 5.98. The van der Waals surface area contributed by atoms with E-state index in [1.807, 2.05) is 24.3 Å². The molecule has 0 unspecified atom stereocenters. The molecule has 3 N–H and O–H groups in total. The van der Waals surface area contributed by atoms with Crippen LogP contribution >= 0.6 is 12.4 Å². The summed E-state index contributed by atoms with van der Waals surface area (Å²) in [5.74, 6) is -0.133. The molecule has 0 spiro atoms. The zero-order valence-corrected chi connectivity index (χ0v) is 14.0. The van der Waals surface area contributed by atoms with Gasteiger partial charge in [0.1, 0.15) is 0 Å². The number of halogens is 1. The van der Waals surface area contributed by atoms with Crippen LogP contribution in [0.4, 0.5) is 0 Å². The highest BCUT2D eigenvalue weighted by atomic mass is 35.5. The van der Waals surface area contributed by atoms with Crippen LogP contribution in [0.15, 0.2) is 24.3 Å². The van der Waals surface area contributed by atoms with Gasteiger partial charge in [-0.25, -0.2) is 0 Å². The Kier molecular flexibility index (Phi) is 5.98. The van der Waals surface area contributed by atoms with Crippen LogP contribution in [0.5, 0.6) is 0 Å². The van der Waals surface area contributed by atoms with Gasteiger partial charge in [0.2, 0.25) is 0 Å². The first kappa shape index (κ1) is 17.7. The largest absolute Gasteiger partial charge is 0.384 e. The van der Waals surface area contributed by atoms with Crippen molar-refractivity contribution in [2.75, 3.05) is 33.4 Å². The Balaban J connectivity index is 0.00000192. The van der Waals surface area contributed by atoms with Crippen molar-refractivity contribution >= 4 is 29.2 Å². The summed E-state index contributed by atoms with van der Waals surface area (Å²) in [6, 6.07) is 7.65. The predicted molar refractivity (Wildman–Crippen MR) is 92.1 cm³/mol. The summed E-state index contributed by atoms with van der Waals surface area (Å²) in [5, 5.41) is 14.3. The number of nitrogens with one attached hydrogen (secondary N) is 3. The highest BCUT2D eigenvalue weighted by molar-refractivity contribution is 6.04. The fraction of sp³-hybridized carbons (Fsp3) is 0.500. The molecule has 1 aliphatic rings. The number of rotatable bonds is 5. The van der Waals surface area contributed by atoms with E-state index in [1.54, 1.807) is 7.11 Å². The topological polar surface area (TPSA) is 79.0 Å². The van der Waals surface area contributed by atoms with Gasteiger partial charge >= 0.3 is 0 Å². The first-order chi connectivity index (χ1) is 10.7. The number of nitrogens with zero attached hydrogens (tertiary/aromatic N) is 1. The molecule has 0 radical (unpaired) electrons. The number of hydrogen-bond donors (Lipinski definition) is 3. The van der Waals surface area contributed by atoms with E-state index in [4.69, 9.17) is 4.74 Å². The molecule has 7 heteroatoms. The maximum atomic E-state index is 12.5. The van der Waals surface area contributed by atoms with Crippen LogP contribution in [-0.2, 0) is 4.74 Å². The summed E-state index contributed by atoms with van der Waals surface area (Å²) in [6.45, 7) is 3.20. The maximum absolute atomic E-state index is 12.5. The number of amides is 1. The molecule has 1 fully saturated rings. The number of piperidine rings is 1. The Morgan fingerprint density at radius 2 is 2.09 bits per heavy atom. The fourth-order valence-corrected chi connectivity index (χ4v) is 3.12. The number of hydrogen-bond acceptors (Lipinski definition) is 4. The van der Waals surface area contributed by atoms with Gasteiger partial charge in [-0.3, -0.25) is 9.89 Å². The molecule has 6 nitrogen and oxygen atoms in total. The zero-order chi connectivity index (χ0) is 15.4. The highest BCUT2D eigenvalue weighted by Gasteiger charge is 2.32. The lowest BCUT2D eigenvalue weighted by Gasteiger charge is -2.37. The Hall–Kier alpha value is -1.63. The number of H-pyrrole nitrogens is 1. The number of para-hydroxylation sites is 1. The van der Waals surface area contributed by atoms with Gasteiger partial charge in [0, 0.05) is 24.5 Å². The van der Waals surface area contributed by atoms with Crippen molar-refractivity contribution in [1.82, 2.24) is 20.8 Å². The number of fused-ring (bicyclic) bond motifs is 1. The Morgan fingerprint density at radius 1 is 1.35 bits per heavy atom. The first-order valence-electron chi connectivity index (χ1n) is 7.65. The monoisotopic (exact) mass is 338 g/mol. The minimum absolute atomic E-state index is 0. The van der Waals surface area contributed by atoms with Gasteiger partial charge in [-0.1, -0.05) is 18.2 Å². The summed E-state index contributed by atoms with van der Waals surface area (Å²) in [4.78, 5) is 12.5. The quantitative estimate of drug-likeness (QED) is 0.775. The van der Waals surface area contributed by atoms with Gasteiger partial charge in [-0.2, -0.15) is 5.10 Å². The maximum Gasteiger partial charge on any atom is 0.272 e. The van der Waals surface area contributed by atoms with Crippen LogP contribution in [-0.4, -0.2) is 49.5 Å². The molecule has 1 aromatic carbocycles. The molecule has 2 heterocycles. The molecule has 1 saturated heterocycles. The van der Waals surface area contributed by atoms with Gasteiger partial charge in [0.15, 0.2) is 5.69 Å². The number of ether oxygens (including phenoxy) is 1. The summed E-state index contributed by atoms with van der Waals surface area (Å²) in [7, 11) is 1.72. The third-order valence-electron chi connectivity index (χ3n) is 4.42. The number of benzene rings is 1. The third-order valence-corrected chi connectivity index (χ3v) is 4.42. The molecule has 0 atom stereocenters. The standard InChI is InChI=1S/C16H22N4O2.ClH/c1-22-11-16(6-8-17-9-7-16)10-18-15(21)14-12-4-2-3-5-13(12)19-20-14;/h2-5,17H,6-11H2,1H3,(H,18,21)(H,19,20);1H. The van der Waals surface area contributed by atoms with E-state index in [1.165, 1.54) is 0 Å². The number of aromatic nitrogens is 2. The van der Waals surface area contributed by atoms with Gasteiger partial charge in [0.25, 0.3) is 5.91 Å². The molecule has 0 aliphatic carbocycles. The van der Waals surface area contributed by atoms with E-state index in [0.717, 1.165) is 36.8 Å². The van der Waals surface area contributed by atoms with E-state index in [-0.39, 0.29) is 23.7 Å². The van der Waals surface area contributed by atoms with Crippen LogP contribution in [0.25, 0.3) is 10.9 Å². The second-order valence-corrected chi connectivity index (χ2v) is 5.98. The van der Waals surface area contributed by atoms with Crippen molar-refractivity contribution in [3.63, 3.8) is 0 Å². The van der Waals surface area contributed by atoms with E-state index in [9.17, 15) is 4.79 Å². The predicted octanol–water partition coefficient (Wildman–Crippen LogP) is 1.73. The molecule has 0 bridgehead atoms. The van der Waals surface area contributed by atoms with E-state index in [0.29, 0.717) is 18.8 Å². The smallest absolute Gasteiger partial charge is 0.272 e. The Bertz CT molecular complexity index is 647. The Labute approximate surface area is 141 Å². The summed E-state index contributed by atoms with van der Waals surface area (Å²) >= 11 is 0. The molecular formula is C16H23ClN4O2. The Morgan fingerprint density at radius 3 is 2.83 bits per heavy atom. The minimum Gasteiger partial charge on any atom is -0.384 e. The van der Waals surface area contributed by atoms with E-state index in [2.05, 4.69) is 20.8 Å². The normalized spacial score (nSPS) is 16.7. The average molecular weight is 339 g/mol. The molecule has 0 saturated carbocycles. The lowest BCUT2D eigenvalue weighted by molar-refractivity contribution is 0.0511. The minimum atomic E-state index is -0.133. The van der Waals surface area contributed by atoms with Crippen molar-refractivity contribution in [2.45, 2.75) is 12.8 Å². The molecule has 1 amide bonds. The lowest BCUT2D eigenvalue weighted by Crippen LogP contribution is -2.47. The molecule has 3 rings (SSSR count). The van der Waals surface area contributed by atoms with Gasteiger partial charge in [-0.05, 0) is 32.0 Å². The van der Waals surface area contributed by atoms with Crippen LogP contribution in [0.2, 0.25) is 0 Å². The zero-order valence-electron chi connectivity index (χ0n) is 13.2. The van der Waals surface area contributed by atoms with Crippen molar-refractivity contribution in [3.8, 4) is 0 Å². The van der Waals surface area contributed by atoms with E-state index < -0.39 is 0 Å². The van der Waals surface area contributed by atoms with Crippen molar-refractivity contribution < 1.29 is 9.53 Å². The van der Waals surface area contributed by atoms with Gasteiger partial charge in [-0.15, -0.1) is 12.4 Å². The molecular weight excluding hydrogens is 316 g/mol. The molecule has 1 aromatic heterocycles. The van der Waals surface area contributed by atoms with Crippen LogP contribution in [0.3, 0.4) is 0 Å². The molecule has 1 aliphatic heterocycles. The van der Waals surface area contributed by atoms with Crippen LogP contribution in [0, 0.1) is 5.41 Å². The van der Waals surface area contributed by atoms with Crippen molar-refractivity contribution in [2.24, 2.45) is 5.41 Å². The highest BCUT2D eigenvalue weighted by Crippen LogP contribution is 2.28. The molecule has 2 aromatic rings. The number of carbonyl (C=O) groups excluding carboxylic acids is 1. The van der Waals surface area contributed by atoms with E-state index >= 15 is 0 Å². The van der Waals surface area contributed by atoms with Crippen LogP contribution in [0.1, 0.15) is 23.3 Å². The molecule has 126 valence electrons. The number of methoxy groups -OCH3 is 1. The first-order valence-corrected chi connectivity index (χ1v) is 7.65. The summed E-state index contributed by atoms with van der Waals surface area (Å²) in [5.41, 5.74) is 1.35. The second kappa shape index (κ2) is 7.77. The average Bonchev–Trinajstić information content (AvgIpc) is 2.98. The van der Waals surface area contributed by atoms with Gasteiger partial charge in [0.05, 0.1) is 12.1 Å². The molecule has 23 heavy (non-hydrogen) atoms. The number of carbonyl (C=O) groups is 1. The number of aromatic amines is 1. The third kappa shape index (κ3) is 3.83. The summed E-state index contributed by atoms with van der Waals surface area (Å²) in [6.07, 6.45) is 2.00. The van der Waals surface area contributed by atoms with Crippen LogP contribution < -0.4 is 10.6 Å². The fourth-order valence-electron chi connectivity index (χ4n) is 3.12. The lowest BCUT2D eigenvalue weighted by atomic mass is 9.79. The summed E-state index contributed by atoms with van der Waals surface area (Å²) < 4.78 is 5.38. The van der Waals surface area contributed by atoms with Crippen molar-refractivity contribution in [3.05, 3.63) is 30.0 Å². The SMILES string of the molecule is COCC1(CNC(=O)c2n[nH]c3ccccc23)CCNCC1.Cl. The van der Waals surface area contributed by atoms with Gasteiger partial charge < -0.3 is 15.4 Å².